The van der Waals surface area contributed by atoms with Gasteiger partial charge in [-0.3, -0.25) is 4.79 Å². The number of hydrogen-bond acceptors (Lipinski definition) is 1. The lowest BCUT2D eigenvalue weighted by atomic mass is 9.86. The molecule has 0 saturated carbocycles. The Kier molecular flexibility index (Phi) is 3.08. The molecule has 2 heteroatoms. The maximum atomic E-state index is 12.2. The monoisotopic (exact) mass is 251 g/mol. The largest absolute Gasteiger partial charge is 0.341 e. The van der Waals surface area contributed by atoms with Crippen molar-refractivity contribution in [3.63, 3.8) is 0 Å². The molecule has 19 heavy (non-hydrogen) atoms. The first-order valence-electron chi connectivity index (χ1n) is 6.62. The zero-order valence-corrected chi connectivity index (χ0v) is 11.0. The Hall–Kier alpha value is -2.09. The molecule has 1 heterocycles. The number of hydrogen-bond donors (Lipinski definition) is 0. The van der Waals surface area contributed by atoms with Crippen molar-refractivity contribution in [2.75, 3.05) is 7.05 Å². The minimum absolute atomic E-state index is 0.176. The van der Waals surface area contributed by atoms with Gasteiger partial charge in [0.1, 0.15) is 0 Å². The Balaban J connectivity index is 2.10. The second-order valence-corrected chi connectivity index (χ2v) is 5.12. The van der Waals surface area contributed by atoms with Gasteiger partial charge in [-0.25, -0.2) is 0 Å². The van der Waals surface area contributed by atoms with Gasteiger partial charge in [-0.2, -0.15) is 0 Å². The van der Waals surface area contributed by atoms with Gasteiger partial charge in [0.15, 0.2) is 0 Å². The number of carbonyl (C=O) groups is 1. The van der Waals surface area contributed by atoms with Crippen LogP contribution in [0.15, 0.2) is 54.6 Å². The Morgan fingerprint density at radius 1 is 1.00 bits per heavy atom. The van der Waals surface area contributed by atoms with Crippen molar-refractivity contribution in [3.8, 4) is 0 Å². The van der Waals surface area contributed by atoms with E-state index in [1.807, 2.05) is 36.2 Å². The molecule has 0 bridgehead atoms. The van der Waals surface area contributed by atoms with Crippen LogP contribution < -0.4 is 0 Å². The fourth-order valence-corrected chi connectivity index (χ4v) is 2.78. The predicted octanol–water partition coefficient (Wildman–Crippen LogP) is 3.18. The average molecular weight is 251 g/mol. The van der Waals surface area contributed by atoms with E-state index in [1.165, 1.54) is 16.7 Å². The first kappa shape index (κ1) is 12.0. The molecule has 0 radical (unpaired) electrons. The molecule has 2 aromatic rings. The molecule has 3 rings (SSSR count). The smallest absolute Gasteiger partial charge is 0.223 e. The van der Waals surface area contributed by atoms with Gasteiger partial charge in [-0.15, -0.1) is 0 Å². The van der Waals surface area contributed by atoms with Crippen LogP contribution >= 0.6 is 0 Å². The lowest BCUT2D eigenvalue weighted by molar-refractivity contribution is -0.130. The van der Waals surface area contributed by atoms with Gasteiger partial charge in [0.25, 0.3) is 0 Å². The summed E-state index contributed by atoms with van der Waals surface area (Å²) in [5.74, 6) is 0.389. The quantitative estimate of drug-likeness (QED) is 0.762. The van der Waals surface area contributed by atoms with Crippen molar-refractivity contribution in [2.24, 2.45) is 0 Å². The van der Waals surface area contributed by atoms with Crippen molar-refractivity contribution in [2.45, 2.75) is 18.9 Å². The molecular weight excluding hydrogens is 234 g/mol. The topological polar surface area (TPSA) is 20.3 Å². The highest BCUT2D eigenvalue weighted by molar-refractivity contribution is 5.78. The Morgan fingerprint density at radius 2 is 1.68 bits per heavy atom. The third kappa shape index (κ3) is 2.26. The van der Waals surface area contributed by atoms with Gasteiger partial charge >= 0.3 is 0 Å². The summed E-state index contributed by atoms with van der Waals surface area (Å²) in [5.41, 5.74) is 3.76. The van der Waals surface area contributed by atoms with E-state index in [0.717, 1.165) is 0 Å². The molecule has 1 amide bonds. The molecule has 1 atom stereocenters. The second-order valence-electron chi connectivity index (χ2n) is 5.12. The van der Waals surface area contributed by atoms with Gasteiger partial charge in [0.2, 0.25) is 5.91 Å². The molecule has 0 spiro atoms. The van der Waals surface area contributed by atoms with Gasteiger partial charge in [-0.1, -0.05) is 54.6 Å². The van der Waals surface area contributed by atoms with Gasteiger partial charge < -0.3 is 4.90 Å². The Labute approximate surface area is 113 Å². The van der Waals surface area contributed by atoms with E-state index in [0.29, 0.717) is 13.0 Å². The lowest BCUT2D eigenvalue weighted by Gasteiger charge is -2.16. The van der Waals surface area contributed by atoms with Crippen molar-refractivity contribution in [3.05, 3.63) is 71.3 Å². The molecule has 1 aliphatic rings. The SMILES string of the molecule is CN1Cc2ccccc2C(c2ccccc2)CC1=O. The zero-order valence-electron chi connectivity index (χ0n) is 11.0. The fraction of sp³-hybridized carbons (Fsp3) is 0.235. The summed E-state index contributed by atoms with van der Waals surface area (Å²) in [4.78, 5) is 14.0. The average Bonchev–Trinajstić information content (AvgIpc) is 2.58. The highest BCUT2D eigenvalue weighted by Gasteiger charge is 2.26. The van der Waals surface area contributed by atoms with E-state index in [4.69, 9.17) is 0 Å². The number of nitrogens with zero attached hydrogens (tertiary/aromatic N) is 1. The minimum atomic E-state index is 0.176. The molecule has 0 fully saturated rings. The summed E-state index contributed by atoms with van der Waals surface area (Å²) in [6, 6.07) is 18.7. The number of benzene rings is 2. The molecule has 0 saturated heterocycles. The van der Waals surface area contributed by atoms with Crippen LogP contribution in [-0.4, -0.2) is 17.9 Å². The summed E-state index contributed by atoms with van der Waals surface area (Å²) in [6.07, 6.45) is 0.553. The van der Waals surface area contributed by atoms with Crippen LogP contribution in [0, 0.1) is 0 Å². The Bertz CT molecular complexity index is 591. The Morgan fingerprint density at radius 3 is 2.47 bits per heavy atom. The molecule has 96 valence electrons. The summed E-state index contributed by atoms with van der Waals surface area (Å²) >= 11 is 0. The number of carbonyl (C=O) groups excluding carboxylic acids is 1. The van der Waals surface area contributed by atoms with Gasteiger partial charge in [0, 0.05) is 25.9 Å². The molecular formula is C17H17NO. The minimum Gasteiger partial charge on any atom is -0.341 e. The van der Waals surface area contributed by atoms with E-state index in [-0.39, 0.29) is 11.8 Å². The lowest BCUT2D eigenvalue weighted by Crippen LogP contribution is -2.24. The first-order chi connectivity index (χ1) is 9.25. The van der Waals surface area contributed by atoms with E-state index in [2.05, 4.69) is 30.3 Å². The number of fused-ring (bicyclic) bond motifs is 1. The number of amides is 1. The molecule has 0 aliphatic carbocycles. The highest BCUT2D eigenvalue weighted by Crippen LogP contribution is 2.33. The van der Waals surface area contributed by atoms with Crippen molar-refractivity contribution in [1.82, 2.24) is 4.90 Å². The molecule has 0 aromatic heterocycles. The zero-order chi connectivity index (χ0) is 13.2. The van der Waals surface area contributed by atoms with E-state index in [1.54, 1.807) is 0 Å². The molecule has 2 aromatic carbocycles. The standard InChI is InChI=1S/C17H17NO/c1-18-12-14-9-5-6-10-15(14)16(11-17(18)19)13-7-3-2-4-8-13/h2-10,16H,11-12H2,1H3. The third-order valence-electron chi connectivity index (χ3n) is 3.84. The molecule has 0 N–H and O–H groups in total. The van der Waals surface area contributed by atoms with Crippen molar-refractivity contribution in [1.29, 1.82) is 0 Å². The van der Waals surface area contributed by atoms with Crippen LogP contribution in [0.1, 0.15) is 29.0 Å². The maximum absolute atomic E-state index is 12.2. The molecule has 1 unspecified atom stereocenters. The maximum Gasteiger partial charge on any atom is 0.223 e. The summed E-state index contributed by atoms with van der Waals surface area (Å²) in [5, 5.41) is 0. The van der Waals surface area contributed by atoms with Crippen molar-refractivity contribution >= 4 is 5.91 Å². The summed E-state index contributed by atoms with van der Waals surface area (Å²) in [7, 11) is 1.88. The van der Waals surface area contributed by atoms with E-state index in [9.17, 15) is 4.79 Å². The second kappa shape index (κ2) is 4.88. The van der Waals surface area contributed by atoms with Crippen LogP contribution in [0.4, 0.5) is 0 Å². The third-order valence-corrected chi connectivity index (χ3v) is 3.84. The summed E-state index contributed by atoms with van der Waals surface area (Å²) < 4.78 is 0. The molecule has 1 aliphatic heterocycles. The predicted molar refractivity (Wildman–Crippen MR) is 75.8 cm³/mol. The van der Waals surface area contributed by atoms with Gasteiger partial charge in [0.05, 0.1) is 0 Å². The van der Waals surface area contributed by atoms with Crippen molar-refractivity contribution < 1.29 is 4.79 Å². The van der Waals surface area contributed by atoms with Crippen LogP contribution in [-0.2, 0) is 11.3 Å². The van der Waals surface area contributed by atoms with E-state index < -0.39 is 0 Å². The fourth-order valence-electron chi connectivity index (χ4n) is 2.78. The normalized spacial score (nSPS) is 18.9. The van der Waals surface area contributed by atoms with Crippen LogP contribution in [0.5, 0.6) is 0 Å². The highest BCUT2D eigenvalue weighted by atomic mass is 16.2. The van der Waals surface area contributed by atoms with Crippen LogP contribution in [0.2, 0.25) is 0 Å². The summed E-state index contributed by atoms with van der Waals surface area (Å²) in [6.45, 7) is 0.707. The first-order valence-corrected chi connectivity index (χ1v) is 6.62. The number of rotatable bonds is 1. The molecule has 2 nitrogen and oxygen atoms in total. The van der Waals surface area contributed by atoms with Gasteiger partial charge in [-0.05, 0) is 16.7 Å². The van der Waals surface area contributed by atoms with E-state index >= 15 is 0 Å². The van der Waals surface area contributed by atoms with Crippen LogP contribution in [0.3, 0.4) is 0 Å². The van der Waals surface area contributed by atoms with Crippen LogP contribution in [0.25, 0.3) is 0 Å².